The third-order valence-electron chi connectivity index (χ3n) is 6.45. The van der Waals surface area contributed by atoms with E-state index in [1.807, 2.05) is 4.90 Å². The van der Waals surface area contributed by atoms with Gasteiger partial charge in [-0.15, -0.1) is 0 Å². The number of carbonyl (C=O) groups is 1. The summed E-state index contributed by atoms with van der Waals surface area (Å²) in [4.78, 5) is 37.7. The molecule has 190 valence electrons. The van der Waals surface area contributed by atoms with E-state index in [0.29, 0.717) is 18.1 Å². The van der Waals surface area contributed by atoms with Crippen molar-refractivity contribution in [2.24, 2.45) is 5.41 Å². The van der Waals surface area contributed by atoms with Gasteiger partial charge >= 0.3 is 0 Å². The topological polar surface area (TPSA) is 83.4 Å². The van der Waals surface area contributed by atoms with Crippen LogP contribution < -0.4 is 10.9 Å². The molecule has 1 aliphatic heterocycles. The molecule has 3 aromatic rings. The van der Waals surface area contributed by atoms with Gasteiger partial charge in [0.25, 0.3) is 5.56 Å². The van der Waals surface area contributed by atoms with E-state index in [9.17, 15) is 9.59 Å². The number of hydrogen-bond donors (Lipinski definition) is 1. The average Bonchev–Trinajstić information content (AvgIpc) is 2.85. The number of carbonyl (C=O) groups excluding carboxylic acids is 1. The van der Waals surface area contributed by atoms with Gasteiger partial charge in [0.1, 0.15) is 5.65 Å². The van der Waals surface area contributed by atoms with E-state index in [-0.39, 0.29) is 22.9 Å². The Morgan fingerprint density at radius 2 is 1.81 bits per heavy atom. The molecule has 1 atom stereocenters. The number of amides is 1. The lowest BCUT2D eigenvalue weighted by atomic mass is 9.97. The number of fused-ring (bicyclic) bond motifs is 1. The molecule has 2 aromatic heterocycles. The van der Waals surface area contributed by atoms with Crippen molar-refractivity contribution in [3.8, 4) is 0 Å². The lowest BCUT2D eigenvalue weighted by Crippen LogP contribution is -2.47. The fraction of sp³-hybridized carbons (Fsp3) is 0.429. The van der Waals surface area contributed by atoms with Crippen LogP contribution in [0.5, 0.6) is 0 Å². The first-order valence-electron chi connectivity index (χ1n) is 12.5. The Morgan fingerprint density at radius 3 is 2.44 bits per heavy atom. The van der Waals surface area contributed by atoms with Gasteiger partial charge in [0.05, 0.1) is 6.04 Å². The lowest BCUT2D eigenvalue weighted by molar-refractivity contribution is -0.127. The van der Waals surface area contributed by atoms with Crippen LogP contribution in [0.1, 0.15) is 44.9 Å². The number of benzene rings is 1. The van der Waals surface area contributed by atoms with Gasteiger partial charge in [0.15, 0.2) is 0 Å². The van der Waals surface area contributed by atoms with Crippen LogP contribution in [0, 0.1) is 5.41 Å². The summed E-state index contributed by atoms with van der Waals surface area (Å²) in [5, 5.41) is 4.23. The number of aromatic nitrogens is 3. The summed E-state index contributed by atoms with van der Waals surface area (Å²) in [6, 6.07) is 11.9. The van der Waals surface area contributed by atoms with Crippen LogP contribution in [0.15, 0.2) is 60.0 Å². The number of piperazine rings is 1. The molecule has 1 amide bonds. The Hall–Kier alpha value is -3.52. The molecule has 1 fully saturated rings. The van der Waals surface area contributed by atoms with E-state index in [0.717, 1.165) is 43.7 Å². The maximum absolute atomic E-state index is 12.6. The molecular weight excluding hydrogens is 452 g/mol. The SMILES string of the molecule is C=CC(=O)N1CCN(Cc2ccc([C@H](C)Nc3ncc4ccc(=O)n(CC(C)(C)C)c4n3)cc2)CC1. The normalized spacial score (nSPS) is 15.6. The van der Waals surface area contributed by atoms with Crippen molar-refractivity contribution < 1.29 is 4.79 Å². The maximum atomic E-state index is 12.6. The smallest absolute Gasteiger partial charge is 0.252 e. The van der Waals surface area contributed by atoms with Crippen molar-refractivity contribution in [2.45, 2.75) is 46.8 Å². The molecule has 0 bridgehead atoms. The Kier molecular flexibility index (Phi) is 7.54. The molecule has 1 aliphatic rings. The molecular formula is C28H36N6O2. The molecule has 0 unspecified atom stereocenters. The van der Waals surface area contributed by atoms with Crippen LogP contribution in [-0.4, -0.2) is 56.4 Å². The number of nitrogens with one attached hydrogen (secondary N) is 1. The van der Waals surface area contributed by atoms with Crippen molar-refractivity contribution in [1.29, 1.82) is 0 Å². The highest BCUT2D eigenvalue weighted by Crippen LogP contribution is 2.22. The fourth-order valence-electron chi connectivity index (χ4n) is 4.47. The van der Waals surface area contributed by atoms with Crippen LogP contribution in [0.2, 0.25) is 0 Å². The number of anilines is 1. The molecule has 3 heterocycles. The second-order valence-electron chi connectivity index (χ2n) is 10.7. The number of rotatable bonds is 7. The Balaban J connectivity index is 1.42. The molecule has 4 rings (SSSR count). The van der Waals surface area contributed by atoms with Crippen LogP contribution in [0.4, 0.5) is 5.95 Å². The third-order valence-corrected chi connectivity index (χ3v) is 6.45. The molecule has 0 aliphatic carbocycles. The van der Waals surface area contributed by atoms with Gasteiger partial charge in [0.2, 0.25) is 11.9 Å². The van der Waals surface area contributed by atoms with Crippen LogP contribution in [0.25, 0.3) is 11.0 Å². The molecule has 1 aromatic carbocycles. The second-order valence-corrected chi connectivity index (χ2v) is 10.7. The van der Waals surface area contributed by atoms with Crippen molar-refractivity contribution in [1.82, 2.24) is 24.3 Å². The van der Waals surface area contributed by atoms with Gasteiger partial charge < -0.3 is 10.2 Å². The highest BCUT2D eigenvalue weighted by atomic mass is 16.2. The summed E-state index contributed by atoms with van der Waals surface area (Å²) in [6.07, 6.45) is 3.15. The van der Waals surface area contributed by atoms with E-state index in [1.54, 1.807) is 22.9 Å². The van der Waals surface area contributed by atoms with Gasteiger partial charge in [-0.05, 0) is 35.6 Å². The molecule has 36 heavy (non-hydrogen) atoms. The van der Waals surface area contributed by atoms with Crippen LogP contribution in [0.3, 0.4) is 0 Å². The lowest BCUT2D eigenvalue weighted by Gasteiger charge is -2.34. The van der Waals surface area contributed by atoms with E-state index in [4.69, 9.17) is 4.98 Å². The minimum atomic E-state index is -0.0561. The standard InChI is InChI=1S/C28H36N6O2/c1-6-24(35)33-15-13-32(14-16-33)18-21-7-9-22(10-8-21)20(2)30-27-29-17-23-11-12-25(36)34(26(23)31-27)19-28(3,4)5/h6-12,17,20H,1,13-16,18-19H2,2-5H3,(H,29,30,31)/t20-/m0/s1. The Labute approximate surface area is 212 Å². The quantitative estimate of drug-likeness (QED) is 0.509. The van der Waals surface area contributed by atoms with E-state index >= 15 is 0 Å². The summed E-state index contributed by atoms with van der Waals surface area (Å²) in [6.45, 7) is 16.6. The first-order chi connectivity index (χ1) is 17.1. The average molecular weight is 489 g/mol. The highest BCUT2D eigenvalue weighted by Gasteiger charge is 2.20. The summed E-state index contributed by atoms with van der Waals surface area (Å²) in [5.41, 5.74) is 2.90. The molecule has 8 nitrogen and oxygen atoms in total. The van der Waals surface area contributed by atoms with Gasteiger partial charge in [-0.25, -0.2) is 4.98 Å². The van der Waals surface area contributed by atoms with Gasteiger partial charge in [0, 0.05) is 56.9 Å². The summed E-state index contributed by atoms with van der Waals surface area (Å²) in [5.74, 6) is 0.507. The zero-order chi connectivity index (χ0) is 25.9. The third kappa shape index (κ3) is 6.18. The van der Waals surface area contributed by atoms with Crippen molar-refractivity contribution in [3.05, 3.63) is 76.7 Å². The largest absolute Gasteiger partial charge is 0.348 e. The zero-order valence-corrected chi connectivity index (χ0v) is 21.7. The number of hydrogen-bond acceptors (Lipinski definition) is 6. The van der Waals surface area contributed by atoms with Crippen molar-refractivity contribution >= 4 is 22.9 Å². The van der Waals surface area contributed by atoms with Crippen molar-refractivity contribution in [2.75, 3.05) is 31.5 Å². The summed E-state index contributed by atoms with van der Waals surface area (Å²) in [7, 11) is 0. The van der Waals surface area contributed by atoms with E-state index < -0.39 is 0 Å². The fourth-order valence-corrected chi connectivity index (χ4v) is 4.47. The van der Waals surface area contributed by atoms with Gasteiger partial charge in [-0.3, -0.25) is 19.1 Å². The Morgan fingerprint density at radius 1 is 1.11 bits per heavy atom. The van der Waals surface area contributed by atoms with Crippen LogP contribution >= 0.6 is 0 Å². The monoisotopic (exact) mass is 488 g/mol. The summed E-state index contributed by atoms with van der Waals surface area (Å²) >= 11 is 0. The molecule has 1 N–H and O–H groups in total. The molecule has 1 saturated heterocycles. The predicted octanol–water partition coefficient (Wildman–Crippen LogP) is 3.84. The molecule has 0 spiro atoms. The van der Waals surface area contributed by atoms with Gasteiger partial charge in [-0.2, -0.15) is 4.98 Å². The molecule has 8 heteroatoms. The molecule has 0 radical (unpaired) electrons. The maximum Gasteiger partial charge on any atom is 0.252 e. The minimum Gasteiger partial charge on any atom is -0.348 e. The number of pyridine rings is 1. The van der Waals surface area contributed by atoms with E-state index in [1.165, 1.54) is 11.6 Å². The summed E-state index contributed by atoms with van der Waals surface area (Å²) < 4.78 is 1.73. The zero-order valence-electron chi connectivity index (χ0n) is 21.7. The first-order valence-corrected chi connectivity index (χ1v) is 12.5. The predicted molar refractivity (Wildman–Crippen MR) is 144 cm³/mol. The van der Waals surface area contributed by atoms with Crippen molar-refractivity contribution in [3.63, 3.8) is 0 Å². The van der Waals surface area contributed by atoms with Gasteiger partial charge in [-0.1, -0.05) is 51.6 Å². The first kappa shape index (κ1) is 25.6. The molecule has 0 saturated carbocycles. The Bertz CT molecular complexity index is 1280. The second kappa shape index (κ2) is 10.6. The number of nitrogens with zero attached hydrogens (tertiary/aromatic N) is 5. The van der Waals surface area contributed by atoms with Crippen LogP contribution in [-0.2, 0) is 17.9 Å². The highest BCUT2D eigenvalue weighted by molar-refractivity contribution is 5.87. The van der Waals surface area contributed by atoms with E-state index in [2.05, 4.69) is 73.7 Å². The minimum absolute atomic E-state index is 0.00328.